The Morgan fingerprint density at radius 3 is 2.67 bits per heavy atom. The molecule has 0 atom stereocenters. The monoisotopic (exact) mass is 368 g/mol. The summed E-state index contributed by atoms with van der Waals surface area (Å²) < 4.78 is 8.01. The zero-order valence-corrected chi connectivity index (χ0v) is 17.0. The van der Waals surface area contributed by atoms with Crippen LogP contribution >= 0.6 is 0 Å². The van der Waals surface area contributed by atoms with Gasteiger partial charge in [0.25, 0.3) is 0 Å². The van der Waals surface area contributed by atoms with Gasteiger partial charge in [-0.15, -0.1) is 0 Å². The van der Waals surface area contributed by atoms with E-state index in [0.717, 1.165) is 47.8 Å². The molecule has 4 rings (SSSR count). The third-order valence-corrected chi connectivity index (χ3v) is 6.60. The summed E-state index contributed by atoms with van der Waals surface area (Å²) in [5.74, 6) is 3.20. The number of methoxy groups -OCH3 is 1. The number of ketones is 1. The summed E-state index contributed by atoms with van der Waals surface area (Å²) in [4.78, 5) is 17.4. The summed E-state index contributed by atoms with van der Waals surface area (Å²) in [6.45, 7) is 4.51. The van der Waals surface area contributed by atoms with E-state index >= 15 is 0 Å². The number of hydrogen-bond acceptors (Lipinski definition) is 3. The summed E-state index contributed by atoms with van der Waals surface area (Å²) in [6.07, 6.45) is 9.46. The van der Waals surface area contributed by atoms with Crippen molar-refractivity contribution in [1.29, 1.82) is 0 Å². The van der Waals surface area contributed by atoms with E-state index < -0.39 is 0 Å². The molecule has 27 heavy (non-hydrogen) atoms. The normalized spacial score (nSPS) is 17.9. The van der Waals surface area contributed by atoms with E-state index in [1.165, 1.54) is 32.1 Å². The predicted octanol–water partition coefficient (Wildman–Crippen LogP) is 5.49. The van der Waals surface area contributed by atoms with Gasteiger partial charge in [0.2, 0.25) is 0 Å². The third kappa shape index (κ3) is 3.76. The molecule has 0 amide bonds. The maximum absolute atomic E-state index is 12.5. The maximum atomic E-state index is 12.5. The van der Waals surface area contributed by atoms with Gasteiger partial charge in [0.05, 0.1) is 12.6 Å². The molecule has 2 aliphatic rings. The first-order valence-corrected chi connectivity index (χ1v) is 10.5. The van der Waals surface area contributed by atoms with Crippen LogP contribution in [-0.2, 0) is 11.2 Å². The number of benzene rings is 1. The van der Waals surface area contributed by atoms with Crippen LogP contribution < -0.4 is 4.74 Å². The minimum atomic E-state index is 0.184. The van der Waals surface area contributed by atoms with Crippen molar-refractivity contribution in [3.63, 3.8) is 0 Å². The SMILES string of the molecule is COc1cccc2nc(CCCC(=O)CC(C)(C)C3CC3)n(C3CCC3)c12. The molecule has 4 heteroatoms. The van der Waals surface area contributed by atoms with E-state index in [2.05, 4.69) is 24.5 Å². The van der Waals surface area contributed by atoms with Crippen LogP contribution in [0.15, 0.2) is 18.2 Å². The van der Waals surface area contributed by atoms with Crippen molar-refractivity contribution in [1.82, 2.24) is 9.55 Å². The van der Waals surface area contributed by atoms with Gasteiger partial charge in [-0.3, -0.25) is 4.79 Å². The number of nitrogens with zero attached hydrogens (tertiary/aromatic N) is 2. The van der Waals surface area contributed by atoms with Crippen LogP contribution in [0.3, 0.4) is 0 Å². The first kappa shape index (κ1) is 18.5. The van der Waals surface area contributed by atoms with Gasteiger partial charge in [0.1, 0.15) is 22.9 Å². The maximum Gasteiger partial charge on any atom is 0.144 e. The van der Waals surface area contributed by atoms with E-state index in [9.17, 15) is 4.79 Å². The van der Waals surface area contributed by atoms with Crippen molar-refractivity contribution in [3.8, 4) is 5.75 Å². The van der Waals surface area contributed by atoms with Gasteiger partial charge < -0.3 is 9.30 Å². The molecule has 2 aromatic rings. The van der Waals surface area contributed by atoms with Crippen molar-refractivity contribution in [2.24, 2.45) is 11.3 Å². The molecule has 1 aromatic heterocycles. The number of rotatable bonds is 9. The molecule has 0 bridgehead atoms. The fraction of sp³-hybridized carbons (Fsp3) is 0.652. The highest BCUT2D eigenvalue weighted by Crippen LogP contribution is 2.47. The Balaban J connectivity index is 1.46. The number of ether oxygens (including phenoxy) is 1. The Hall–Kier alpha value is -1.84. The van der Waals surface area contributed by atoms with Crippen LogP contribution in [0.5, 0.6) is 5.75 Å². The highest BCUT2D eigenvalue weighted by atomic mass is 16.5. The Morgan fingerprint density at radius 2 is 2.04 bits per heavy atom. The second kappa shape index (κ2) is 7.29. The molecule has 0 radical (unpaired) electrons. The van der Waals surface area contributed by atoms with Crippen molar-refractivity contribution in [3.05, 3.63) is 24.0 Å². The smallest absolute Gasteiger partial charge is 0.144 e. The highest BCUT2D eigenvalue weighted by Gasteiger charge is 2.38. The van der Waals surface area contributed by atoms with Gasteiger partial charge in [-0.05, 0) is 62.0 Å². The van der Waals surface area contributed by atoms with E-state index in [4.69, 9.17) is 9.72 Å². The first-order chi connectivity index (χ1) is 13.0. The van der Waals surface area contributed by atoms with Crippen molar-refractivity contribution in [2.45, 2.75) is 77.7 Å². The number of aryl methyl sites for hydroxylation is 1. The number of aromatic nitrogens is 2. The molecule has 2 saturated carbocycles. The summed E-state index contributed by atoms with van der Waals surface area (Å²) in [6, 6.07) is 6.63. The van der Waals surface area contributed by atoms with Gasteiger partial charge in [-0.25, -0.2) is 4.98 Å². The van der Waals surface area contributed by atoms with Crippen LogP contribution in [-0.4, -0.2) is 22.4 Å². The van der Waals surface area contributed by atoms with E-state index in [-0.39, 0.29) is 5.41 Å². The van der Waals surface area contributed by atoms with E-state index in [1.807, 2.05) is 12.1 Å². The molecule has 0 N–H and O–H groups in total. The fourth-order valence-corrected chi connectivity index (χ4v) is 4.59. The van der Waals surface area contributed by atoms with Crippen LogP contribution in [0.1, 0.15) is 77.1 Å². The molecule has 0 saturated heterocycles. The largest absolute Gasteiger partial charge is 0.494 e. The number of Topliss-reactive ketones (excluding diaryl/α,β-unsaturated/α-hetero) is 1. The standard InChI is InChI=1S/C23H32N2O2/c1-23(2,16-13-14-16)15-18(26)9-5-12-21-24-19-10-6-11-20(27-3)22(19)25(21)17-7-4-8-17/h6,10-11,16-17H,4-5,7-9,12-15H2,1-3H3. The highest BCUT2D eigenvalue weighted by molar-refractivity contribution is 5.83. The lowest BCUT2D eigenvalue weighted by molar-refractivity contribution is -0.121. The molecule has 0 unspecified atom stereocenters. The Bertz CT molecular complexity index is 828. The van der Waals surface area contributed by atoms with Gasteiger partial charge in [0.15, 0.2) is 0 Å². The lowest BCUT2D eigenvalue weighted by Crippen LogP contribution is -2.20. The predicted molar refractivity (Wildman–Crippen MR) is 108 cm³/mol. The van der Waals surface area contributed by atoms with E-state index in [0.29, 0.717) is 18.2 Å². The minimum Gasteiger partial charge on any atom is -0.494 e. The Labute approximate surface area is 162 Å². The molecule has 1 aromatic carbocycles. The van der Waals surface area contributed by atoms with Crippen LogP contribution in [0.25, 0.3) is 11.0 Å². The first-order valence-electron chi connectivity index (χ1n) is 10.5. The summed E-state index contributed by atoms with van der Waals surface area (Å²) in [7, 11) is 1.73. The molecular formula is C23H32N2O2. The summed E-state index contributed by atoms with van der Waals surface area (Å²) in [5.41, 5.74) is 2.32. The van der Waals surface area contributed by atoms with Gasteiger partial charge in [-0.2, -0.15) is 0 Å². The van der Waals surface area contributed by atoms with Gasteiger partial charge in [-0.1, -0.05) is 19.9 Å². The average Bonchev–Trinajstić information content (AvgIpc) is 3.38. The molecule has 1 heterocycles. The Morgan fingerprint density at radius 1 is 1.26 bits per heavy atom. The Kier molecular flexibility index (Phi) is 5.00. The van der Waals surface area contributed by atoms with Crippen LogP contribution in [0.2, 0.25) is 0 Å². The molecule has 0 aliphatic heterocycles. The minimum absolute atomic E-state index is 0.184. The zero-order chi connectivity index (χ0) is 19.0. The topological polar surface area (TPSA) is 44.1 Å². The lowest BCUT2D eigenvalue weighted by Gasteiger charge is -2.29. The molecule has 2 aliphatic carbocycles. The number of imidazole rings is 1. The number of para-hydroxylation sites is 1. The fourth-order valence-electron chi connectivity index (χ4n) is 4.59. The van der Waals surface area contributed by atoms with Crippen LogP contribution in [0.4, 0.5) is 0 Å². The zero-order valence-electron chi connectivity index (χ0n) is 17.0. The van der Waals surface area contributed by atoms with E-state index in [1.54, 1.807) is 7.11 Å². The number of carbonyl (C=O) groups is 1. The molecule has 4 nitrogen and oxygen atoms in total. The molecule has 146 valence electrons. The quantitative estimate of drug-likeness (QED) is 0.588. The van der Waals surface area contributed by atoms with Crippen LogP contribution in [0, 0.1) is 11.3 Å². The molecule has 2 fully saturated rings. The lowest BCUT2D eigenvalue weighted by atomic mass is 9.81. The molecular weight excluding hydrogens is 336 g/mol. The average molecular weight is 369 g/mol. The summed E-state index contributed by atoms with van der Waals surface area (Å²) in [5, 5.41) is 0. The van der Waals surface area contributed by atoms with Crippen molar-refractivity contribution in [2.75, 3.05) is 7.11 Å². The second-order valence-electron chi connectivity index (χ2n) is 9.14. The number of hydrogen-bond donors (Lipinski definition) is 0. The van der Waals surface area contributed by atoms with Gasteiger partial charge >= 0.3 is 0 Å². The van der Waals surface area contributed by atoms with Gasteiger partial charge in [0, 0.05) is 25.3 Å². The molecule has 0 spiro atoms. The van der Waals surface area contributed by atoms with Crippen molar-refractivity contribution < 1.29 is 9.53 Å². The third-order valence-electron chi connectivity index (χ3n) is 6.60. The number of fused-ring (bicyclic) bond motifs is 1. The van der Waals surface area contributed by atoms with Crippen molar-refractivity contribution >= 4 is 16.8 Å². The number of carbonyl (C=O) groups excluding carboxylic acids is 1. The second-order valence-corrected chi connectivity index (χ2v) is 9.14. The summed E-state index contributed by atoms with van der Waals surface area (Å²) >= 11 is 0.